The number of aliphatic carboxylic acids is 1. The molecule has 1 unspecified atom stereocenters. The molecule has 1 atom stereocenters. The van der Waals surface area contributed by atoms with Crippen LogP contribution >= 0.6 is 11.6 Å². The number of carboxylic acids is 1. The molecule has 0 aliphatic rings. The van der Waals surface area contributed by atoms with Crippen LogP contribution in [0.15, 0.2) is 78.9 Å². The number of carbonyl (C=O) groups is 2. The molecule has 0 fully saturated rings. The van der Waals surface area contributed by atoms with Crippen molar-refractivity contribution in [2.45, 2.75) is 25.6 Å². The number of alkyl halides is 3. The fourth-order valence-electron chi connectivity index (χ4n) is 4.72. The number of carbonyl (C=O) groups excluding carboxylic acids is 1. The fourth-order valence-corrected chi connectivity index (χ4v) is 4.94. The number of aromatic nitrogens is 3. The molecule has 226 valence electrons. The number of nitrogens with one attached hydrogen (secondary N) is 1. The molecule has 44 heavy (non-hydrogen) atoms. The molecule has 3 aromatic carbocycles. The Hall–Kier alpha value is -4.90. The van der Waals surface area contributed by atoms with Gasteiger partial charge in [-0.2, -0.15) is 18.3 Å². The van der Waals surface area contributed by atoms with Gasteiger partial charge in [-0.25, -0.2) is 4.98 Å². The lowest BCUT2D eigenvalue weighted by Gasteiger charge is -2.17. The molecule has 8 nitrogen and oxygen atoms in total. The number of amides is 1. The van der Waals surface area contributed by atoms with Crippen LogP contribution in [0, 0.1) is 0 Å². The van der Waals surface area contributed by atoms with Crippen molar-refractivity contribution in [3.63, 3.8) is 0 Å². The van der Waals surface area contributed by atoms with Crippen molar-refractivity contribution in [2.24, 2.45) is 0 Å². The molecular formula is C32H26ClF3N4O4. The zero-order chi connectivity index (χ0) is 31.6. The fraction of sp³-hybridized carbons (Fsp3) is 0.188. The highest BCUT2D eigenvalue weighted by molar-refractivity contribution is 6.33. The molecular weight excluding hydrogens is 597 g/mol. The number of hydrogen-bond donors (Lipinski definition) is 2. The molecule has 0 saturated heterocycles. The quantitative estimate of drug-likeness (QED) is 0.179. The van der Waals surface area contributed by atoms with Gasteiger partial charge in [0, 0.05) is 23.1 Å². The second-order valence-corrected chi connectivity index (χ2v) is 10.4. The first-order valence-corrected chi connectivity index (χ1v) is 13.8. The Bertz CT molecular complexity index is 1860. The Morgan fingerprint density at radius 2 is 1.75 bits per heavy atom. The van der Waals surface area contributed by atoms with E-state index in [0.29, 0.717) is 28.2 Å². The number of carboxylic acid groups (broad SMARTS) is 1. The van der Waals surface area contributed by atoms with Crippen LogP contribution in [0.1, 0.15) is 40.9 Å². The molecule has 2 heterocycles. The first kappa shape index (κ1) is 30.6. The summed E-state index contributed by atoms with van der Waals surface area (Å²) in [5, 5.41) is 17.0. The van der Waals surface area contributed by atoms with Gasteiger partial charge in [-0.15, -0.1) is 0 Å². The van der Waals surface area contributed by atoms with Gasteiger partial charge in [0.2, 0.25) is 0 Å². The van der Waals surface area contributed by atoms with Crippen LogP contribution in [0.3, 0.4) is 0 Å². The first-order chi connectivity index (χ1) is 20.9. The van der Waals surface area contributed by atoms with Crippen molar-refractivity contribution in [3.8, 4) is 28.4 Å². The average molecular weight is 623 g/mol. The third kappa shape index (κ3) is 6.52. The van der Waals surface area contributed by atoms with Gasteiger partial charge in [0.25, 0.3) is 5.91 Å². The van der Waals surface area contributed by atoms with Crippen molar-refractivity contribution < 1.29 is 32.6 Å². The van der Waals surface area contributed by atoms with E-state index in [-0.39, 0.29) is 29.2 Å². The second-order valence-electron chi connectivity index (χ2n) is 10.0. The van der Waals surface area contributed by atoms with Crippen LogP contribution in [0.4, 0.5) is 13.2 Å². The normalized spacial score (nSPS) is 12.2. The molecule has 5 aromatic rings. The van der Waals surface area contributed by atoms with E-state index in [9.17, 15) is 22.8 Å². The molecule has 12 heteroatoms. The maximum absolute atomic E-state index is 13.6. The summed E-state index contributed by atoms with van der Waals surface area (Å²) < 4.78 is 47.7. The van der Waals surface area contributed by atoms with Crippen LogP contribution in [0.25, 0.3) is 33.5 Å². The predicted molar refractivity (Wildman–Crippen MR) is 160 cm³/mol. The number of fused-ring (bicyclic) bond motifs is 1. The van der Waals surface area contributed by atoms with Gasteiger partial charge in [0.15, 0.2) is 0 Å². The summed E-state index contributed by atoms with van der Waals surface area (Å²) in [6.07, 6.45) is -4.77. The summed E-state index contributed by atoms with van der Waals surface area (Å²) in [6, 6.07) is 20.1. The summed E-state index contributed by atoms with van der Waals surface area (Å²) in [4.78, 5) is 28.0. The first-order valence-electron chi connectivity index (χ1n) is 13.5. The van der Waals surface area contributed by atoms with Gasteiger partial charge in [0.1, 0.15) is 5.75 Å². The van der Waals surface area contributed by atoms with E-state index in [2.05, 4.69) is 5.32 Å². The standard InChI is InChI=1S/C32H26ClF3N4O4/c1-18(19-3-5-20(6-4-19)31(43)37-14-13-30(41)42)40-29(27-11-7-21-15-23(44-2)9-12-26(21)38-27)17-28(39-40)24-16-22(32(34,35)36)8-10-25(24)33/h3-12,15-18H,13-14H2,1-2H3,(H,37,43)(H,41,42). The van der Waals surface area contributed by atoms with Crippen LogP contribution in [0.2, 0.25) is 5.02 Å². The van der Waals surface area contributed by atoms with Gasteiger partial charge in [-0.05, 0) is 73.2 Å². The monoisotopic (exact) mass is 622 g/mol. The number of benzene rings is 3. The van der Waals surface area contributed by atoms with Gasteiger partial charge in [-0.3, -0.25) is 14.3 Å². The summed E-state index contributed by atoms with van der Waals surface area (Å²) in [5.74, 6) is -0.758. The Kier molecular flexibility index (Phi) is 8.59. The molecule has 0 saturated carbocycles. The third-order valence-electron chi connectivity index (χ3n) is 7.11. The Morgan fingerprint density at radius 3 is 2.43 bits per heavy atom. The van der Waals surface area contributed by atoms with E-state index < -0.39 is 29.7 Å². The number of methoxy groups -OCH3 is 1. The minimum atomic E-state index is -4.57. The van der Waals surface area contributed by atoms with Gasteiger partial charge in [-0.1, -0.05) is 29.8 Å². The highest BCUT2D eigenvalue weighted by Gasteiger charge is 2.31. The van der Waals surface area contributed by atoms with Gasteiger partial charge in [0.05, 0.1) is 52.8 Å². The zero-order valence-electron chi connectivity index (χ0n) is 23.5. The molecule has 0 bridgehead atoms. The predicted octanol–water partition coefficient (Wildman–Crippen LogP) is 7.26. The second kappa shape index (κ2) is 12.4. The van der Waals surface area contributed by atoms with E-state index in [1.54, 1.807) is 54.3 Å². The lowest BCUT2D eigenvalue weighted by atomic mass is 10.0. The number of nitrogens with zero attached hydrogens (tertiary/aromatic N) is 3. The lowest BCUT2D eigenvalue weighted by Crippen LogP contribution is -2.26. The average Bonchev–Trinajstić information content (AvgIpc) is 3.45. The maximum Gasteiger partial charge on any atom is 0.416 e. The van der Waals surface area contributed by atoms with E-state index in [4.69, 9.17) is 31.5 Å². The molecule has 0 aliphatic carbocycles. The van der Waals surface area contributed by atoms with Gasteiger partial charge >= 0.3 is 12.1 Å². The summed E-state index contributed by atoms with van der Waals surface area (Å²) >= 11 is 6.38. The van der Waals surface area contributed by atoms with Crippen molar-refractivity contribution in [3.05, 3.63) is 101 Å². The van der Waals surface area contributed by atoms with Crippen molar-refractivity contribution in [1.82, 2.24) is 20.1 Å². The zero-order valence-corrected chi connectivity index (χ0v) is 24.3. The molecule has 0 radical (unpaired) electrons. The maximum atomic E-state index is 13.6. The number of hydrogen-bond acceptors (Lipinski definition) is 5. The smallest absolute Gasteiger partial charge is 0.416 e. The van der Waals surface area contributed by atoms with Crippen molar-refractivity contribution in [1.29, 1.82) is 0 Å². The molecule has 2 N–H and O–H groups in total. The SMILES string of the molecule is COc1ccc2nc(-c3cc(-c4cc(C(F)(F)F)ccc4Cl)nn3C(C)c3ccc(C(=O)NCCC(=O)O)cc3)ccc2c1. The van der Waals surface area contributed by atoms with Crippen LogP contribution < -0.4 is 10.1 Å². The van der Waals surface area contributed by atoms with E-state index in [1.807, 2.05) is 25.1 Å². The number of rotatable bonds is 9. The summed E-state index contributed by atoms with van der Waals surface area (Å²) in [7, 11) is 1.57. The molecule has 1 amide bonds. The highest BCUT2D eigenvalue weighted by Crippen LogP contribution is 2.38. The minimum Gasteiger partial charge on any atom is -0.497 e. The van der Waals surface area contributed by atoms with E-state index in [0.717, 1.165) is 23.1 Å². The van der Waals surface area contributed by atoms with Crippen LogP contribution in [-0.2, 0) is 11.0 Å². The van der Waals surface area contributed by atoms with Gasteiger partial charge < -0.3 is 15.2 Å². The third-order valence-corrected chi connectivity index (χ3v) is 7.44. The molecule has 0 spiro atoms. The number of pyridine rings is 1. The summed E-state index contributed by atoms with van der Waals surface area (Å²) in [6.45, 7) is 1.86. The largest absolute Gasteiger partial charge is 0.497 e. The topological polar surface area (TPSA) is 106 Å². The Labute approximate surface area is 255 Å². The van der Waals surface area contributed by atoms with Crippen molar-refractivity contribution in [2.75, 3.05) is 13.7 Å². The van der Waals surface area contributed by atoms with E-state index >= 15 is 0 Å². The van der Waals surface area contributed by atoms with Crippen LogP contribution in [-0.4, -0.2) is 45.4 Å². The number of ether oxygens (including phenoxy) is 1. The minimum absolute atomic E-state index is 0.00458. The molecule has 0 aliphatic heterocycles. The van der Waals surface area contributed by atoms with Crippen LogP contribution in [0.5, 0.6) is 5.75 Å². The Morgan fingerprint density at radius 1 is 1.00 bits per heavy atom. The van der Waals surface area contributed by atoms with E-state index in [1.165, 1.54) is 6.07 Å². The highest BCUT2D eigenvalue weighted by atomic mass is 35.5. The summed E-state index contributed by atoms with van der Waals surface area (Å²) in [5.41, 5.74) is 2.34. The molecule has 2 aromatic heterocycles. The van der Waals surface area contributed by atoms with Crippen molar-refractivity contribution >= 4 is 34.4 Å². The Balaban J connectivity index is 1.56. The lowest BCUT2D eigenvalue weighted by molar-refractivity contribution is -0.138. The molecule has 5 rings (SSSR count). The number of halogens is 4.